The fraction of sp³-hybridized carbons (Fsp3) is 0.611. The number of nitro benzene ring substituents is 1. The highest BCUT2D eigenvalue weighted by atomic mass is 16.6. The summed E-state index contributed by atoms with van der Waals surface area (Å²) in [5.74, 6) is 0.209. The number of carbonyl (C=O) groups is 1. The minimum Gasteiger partial charge on any atom is -0.487 e. The molecule has 1 aromatic rings. The fourth-order valence-corrected chi connectivity index (χ4v) is 3.07. The molecule has 0 bridgehead atoms. The van der Waals surface area contributed by atoms with Gasteiger partial charge in [0, 0.05) is 37.3 Å². The lowest BCUT2D eigenvalue weighted by atomic mass is 10.0. The van der Waals surface area contributed by atoms with E-state index in [-0.39, 0.29) is 28.9 Å². The molecule has 0 aliphatic carbocycles. The maximum absolute atomic E-state index is 12.5. The molecule has 0 radical (unpaired) electrons. The van der Waals surface area contributed by atoms with Crippen molar-refractivity contribution in [3.63, 3.8) is 0 Å². The molecule has 1 aromatic carbocycles. The van der Waals surface area contributed by atoms with Crippen LogP contribution < -0.4 is 10.1 Å². The van der Waals surface area contributed by atoms with Crippen LogP contribution >= 0.6 is 0 Å². The SMILES string of the molecule is CCOc1ccc(C(=O)NCC(C(C)C)N2CCOCC2)cc1[N+](=O)[O-]. The van der Waals surface area contributed by atoms with E-state index in [2.05, 4.69) is 24.1 Å². The van der Waals surface area contributed by atoms with Gasteiger partial charge in [-0.3, -0.25) is 19.8 Å². The molecule has 144 valence electrons. The second kappa shape index (κ2) is 9.49. The predicted octanol–water partition coefficient (Wildman–Crippen LogP) is 2.08. The lowest BCUT2D eigenvalue weighted by Crippen LogP contribution is -2.51. The molecular formula is C18H27N3O5. The zero-order valence-electron chi connectivity index (χ0n) is 15.6. The fourth-order valence-electron chi connectivity index (χ4n) is 3.07. The Bertz CT molecular complexity index is 629. The Kier molecular flexibility index (Phi) is 7.35. The monoisotopic (exact) mass is 365 g/mol. The summed E-state index contributed by atoms with van der Waals surface area (Å²) in [6.07, 6.45) is 0. The number of amides is 1. The van der Waals surface area contributed by atoms with Crippen molar-refractivity contribution in [3.8, 4) is 5.75 Å². The first-order valence-corrected chi connectivity index (χ1v) is 8.95. The number of benzene rings is 1. The van der Waals surface area contributed by atoms with E-state index in [1.807, 2.05) is 0 Å². The number of nitro groups is 1. The number of carbonyl (C=O) groups excluding carboxylic acids is 1. The molecule has 1 unspecified atom stereocenters. The number of nitrogens with one attached hydrogen (secondary N) is 1. The maximum atomic E-state index is 12.5. The van der Waals surface area contributed by atoms with Crippen molar-refractivity contribution in [1.82, 2.24) is 10.2 Å². The largest absolute Gasteiger partial charge is 0.487 e. The Morgan fingerprint density at radius 3 is 2.65 bits per heavy atom. The average molecular weight is 365 g/mol. The lowest BCUT2D eigenvalue weighted by Gasteiger charge is -2.36. The minimum atomic E-state index is -0.535. The first kappa shape index (κ1) is 20.1. The molecule has 1 fully saturated rings. The highest BCUT2D eigenvalue weighted by molar-refractivity contribution is 5.95. The van der Waals surface area contributed by atoms with Gasteiger partial charge in [0.15, 0.2) is 5.75 Å². The van der Waals surface area contributed by atoms with Gasteiger partial charge in [-0.2, -0.15) is 0 Å². The summed E-state index contributed by atoms with van der Waals surface area (Å²) in [6.45, 7) is 9.87. The molecule has 0 spiro atoms. The summed E-state index contributed by atoms with van der Waals surface area (Å²) < 4.78 is 10.6. The molecule has 1 aliphatic heterocycles. The van der Waals surface area contributed by atoms with Crippen LogP contribution in [0.25, 0.3) is 0 Å². The first-order chi connectivity index (χ1) is 12.4. The lowest BCUT2D eigenvalue weighted by molar-refractivity contribution is -0.385. The maximum Gasteiger partial charge on any atom is 0.311 e. The van der Waals surface area contributed by atoms with Crippen molar-refractivity contribution in [2.24, 2.45) is 5.92 Å². The Labute approximate surface area is 153 Å². The summed E-state index contributed by atoms with van der Waals surface area (Å²) in [5.41, 5.74) is 0.0534. The number of ether oxygens (including phenoxy) is 2. The molecule has 2 rings (SSSR count). The van der Waals surface area contributed by atoms with E-state index in [1.165, 1.54) is 12.1 Å². The molecule has 1 saturated heterocycles. The molecule has 8 nitrogen and oxygen atoms in total. The minimum absolute atomic E-state index is 0.169. The van der Waals surface area contributed by atoms with Gasteiger partial charge in [-0.25, -0.2) is 0 Å². The van der Waals surface area contributed by atoms with E-state index in [0.717, 1.165) is 13.1 Å². The Morgan fingerprint density at radius 1 is 1.38 bits per heavy atom. The molecule has 0 aromatic heterocycles. The number of morpholine rings is 1. The van der Waals surface area contributed by atoms with Crippen molar-refractivity contribution in [1.29, 1.82) is 0 Å². The van der Waals surface area contributed by atoms with E-state index < -0.39 is 4.92 Å². The van der Waals surface area contributed by atoms with Gasteiger partial charge in [0.2, 0.25) is 0 Å². The molecule has 1 aliphatic rings. The van der Waals surface area contributed by atoms with Gasteiger partial charge < -0.3 is 14.8 Å². The number of hydrogen-bond donors (Lipinski definition) is 1. The van der Waals surface area contributed by atoms with Crippen LogP contribution in [0.5, 0.6) is 5.75 Å². The predicted molar refractivity (Wildman–Crippen MR) is 97.6 cm³/mol. The van der Waals surface area contributed by atoms with Crippen LogP contribution in [0.1, 0.15) is 31.1 Å². The molecule has 1 heterocycles. The summed E-state index contributed by atoms with van der Waals surface area (Å²) in [4.78, 5) is 25.5. The van der Waals surface area contributed by atoms with Gasteiger partial charge in [-0.15, -0.1) is 0 Å². The number of hydrogen-bond acceptors (Lipinski definition) is 6. The van der Waals surface area contributed by atoms with Crippen LogP contribution in [0.3, 0.4) is 0 Å². The first-order valence-electron chi connectivity index (χ1n) is 8.95. The van der Waals surface area contributed by atoms with Gasteiger partial charge in [0.25, 0.3) is 5.91 Å². The van der Waals surface area contributed by atoms with E-state index in [0.29, 0.717) is 32.3 Å². The van der Waals surface area contributed by atoms with E-state index in [9.17, 15) is 14.9 Å². The average Bonchev–Trinajstić information content (AvgIpc) is 2.62. The van der Waals surface area contributed by atoms with Crippen molar-refractivity contribution >= 4 is 11.6 Å². The summed E-state index contributed by atoms with van der Waals surface area (Å²) in [5, 5.41) is 14.1. The van der Waals surface area contributed by atoms with E-state index in [1.54, 1.807) is 13.0 Å². The molecule has 1 amide bonds. The quantitative estimate of drug-likeness (QED) is 0.560. The summed E-state index contributed by atoms with van der Waals surface area (Å²) in [7, 11) is 0. The van der Waals surface area contributed by atoms with Gasteiger partial charge in [0.1, 0.15) is 0 Å². The van der Waals surface area contributed by atoms with Crippen LogP contribution in [0.15, 0.2) is 18.2 Å². The van der Waals surface area contributed by atoms with Crippen molar-refractivity contribution in [2.75, 3.05) is 39.5 Å². The standard InChI is InChI=1S/C18H27N3O5/c1-4-26-17-6-5-14(11-15(17)21(23)24)18(22)19-12-16(13(2)3)20-7-9-25-10-8-20/h5-6,11,13,16H,4,7-10,12H2,1-3H3,(H,19,22). The number of nitrogens with zero attached hydrogens (tertiary/aromatic N) is 2. The molecule has 0 saturated carbocycles. The van der Waals surface area contributed by atoms with Crippen LogP contribution in [-0.4, -0.2) is 61.2 Å². The third kappa shape index (κ3) is 5.15. The Balaban J connectivity index is 2.06. The molecular weight excluding hydrogens is 338 g/mol. The van der Waals surface area contributed by atoms with Crippen LogP contribution in [0, 0.1) is 16.0 Å². The topological polar surface area (TPSA) is 93.9 Å². The molecule has 26 heavy (non-hydrogen) atoms. The van der Waals surface area contributed by atoms with Crippen LogP contribution in [-0.2, 0) is 4.74 Å². The molecule has 1 N–H and O–H groups in total. The van der Waals surface area contributed by atoms with Crippen LogP contribution in [0.2, 0.25) is 0 Å². The van der Waals surface area contributed by atoms with Gasteiger partial charge >= 0.3 is 5.69 Å². The molecule has 1 atom stereocenters. The second-order valence-electron chi connectivity index (χ2n) is 6.54. The van der Waals surface area contributed by atoms with Crippen molar-refractivity contribution < 1.29 is 19.2 Å². The third-order valence-corrected chi connectivity index (χ3v) is 4.47. The smallest absolute Gasteiger partial charge is 0.311 e. The van der Waals surface area contributed by atoms with Gasteiger partial charge in [0.05, 0.1) is 24.7 Å². The Morgan fingerprint density at radius 2 is 2.08 bits per heavy atom. The van der Waals surface area contributed by atoms with Gasteiger partial charge in [-0.05, 0) is 25.0 Å². The van der Waals surface area contributed by atoms with E-state index >= 15 is 0 Å². The Hall–Kier alpha value is -2.19. The summed E-state index contributed by atoms with van der Waals surface area (Å²) >= 11 is 0. The second-order valence-corrected chi connectivity index (χ2v) is 6.54. The van der Waals surface area contributed by atoms with Crippen molar-refractivity contribution in [3.05, 3.63) is 33.9 Å². The zero-order chi connectivity index (χ0) is 19.1. The number of rotatable bonds is 8. The normalized spacial score (nSPS) is 16.3. The molecule has 8 heteroatoms. The third-order valence-electron chi connectivity index (χ3n) is 4.47. The van der Waals surface area contributed by atoms with Crippen LogP contribution in [0.4, 0.5) is 5.69 Å². The van der Waals surface area contributed by atoms with Crippen molar-refractivity contribution in [2.45, 2.75) is 26.8 Å². The highest BCUT2D eigenvalue weighted by Gasteiger charge is 2.25. The highest BCUT2D eigenvalue weighted by Crippen LogP contribution is 2.28. The summed E-state index contributed by atoms with van der Waals surface area (Å²) in [6, 6.07) is 4.48. The zero-order valence-corrected chi connectivity index (χ0v) is 15.6. The van der Waals surface area contributed by atoms with Gasteiger partial charge in [-0.1, -0.05) is 13.8 Å². The van der Waals surface area contributed by atoms with E-state index in [4.69, 9.17) is 9.47 Å².